The summed E-state index contributed by atoms with van der Waals surface area (Å²) in [6.07, 6.45) is 1.53. The minimum Gasteiger partial charge on any atom is -0.394 e. The molecule has 0 heterocycles. The molecule has 0 amide bonds. The number of nitrogens with zero attached hydrogens (tertiary/aromatic N) is 1. The lowest BCUT2D eigenvalue weighted by Gasteiger charge is -2.18. The zero-order valence-electron chi connectivity index (χ0n) is 7.79. The summed E-state index contributed by atoms with van der Waals surface area (Å²) in [6.45, 7) is 4.33. The molecule has 3 nitrogen and oxygen atoms in total. The van der Waals surface area contributed by atoms with Gasteiger partial charge in [0, 0.05) is 0 Å². The quantitative estimate of drug-likeness (QED) is 0.655. The molecule has 0 saturated carbocycles. The minimum atomic E-state index is -0.354. The van der Waals surface area contributed by atoms with Gasteiger partial charge in [-0.3, -0.25) is 0 Å². The standard InChI is InChI=1S/C9H17NO2/c1-3-8(4-2)9(7-10)12-6-5-11/h8-9,11H,3-6H2,1-2H3. The number of aliphatic hydroxyl groups is 1. The summed E-state index contributed by atoms with van der Waals surface area (Å²) in [7, 11) is 0. The molecule has 1 N–H and O–H groups in total. The van der Waals surface area contributed by atoms with E-state index in [1.807, 2.05) is 13.8 Å². The first-order valence-electron chi connectivity index (χ1n) is 4.42. The fraction of sp³-hybridized carbons (Fsp3) is 0.889. The van der Waals surface area contributed by atoms with Gasteiger partial charge in [0.25, 0.3) is 0 Å². The van der Waals surface area contributed by atoms with Gasteiger partial charge in [0.15, 0.2) is 0 Å². The molecule has 0 aromatic carbocycles. The van der Waals surface area contributed by atoms with Crippen molar-refractivity contribution in [2.45, 2.75) is 32.8 Å². The van der Waals surface area contributed by atoms with Crippen LogP contribution in [-0.4, -0.2) is 24.4 Å². The van der Waals surface area contributed by atoms with Crippen LogP contribution in [0, 0.1) is 17.2 Å². The van der Waals surface area contributed by atoms with Crippen molar-refractivity contribution < 1.29 is 9.84 Å². The molecule has 12 heavy (non-hydrogen) atoms. The molecule has 0 spiro atoms. The number of hydrogen-bond acceptors (Lipinski definition) is 3. The first-order valence-corrected chi connectivity index (χ1v) is 4.42. The molecule has 0 saturated heterocycles. The number of ether oxygens (including phenoxy) is 1. The van der Waals surface area contributed by atoms with Crippen LogP contribution >= 0.6 is 0 Å². The van der Waals surface area contributed by atoms with Gasteiger partial charge in [-0.05, 0) is 18.8 Å². The summed E-state index contributed by atoms with van der Waals surface area (Å²) in [4.78, 5) is 0. The second-order valence-corrected chi connectivity index (χ2v) is 2.72. The van der Waals surface area contributed by atoms with Crippen molar-refractivity contribution in [1.82, 2.24) is 0 Å². The van der Waals surface area contributed by atoms with Gasteiger partial charge in [-0.2, -0.15) is 5.26 Å². The summed E-state index contributed by atoms with van der Waals surface area (Å²) in [5, 5.41) is 17.2. The topological polar surface area (TPSA) is 53.2 Å². The Morgan fingerprint density at radius 1 is 1.42 bits per heavy atom. The van der Waals surface area contributed by atoms with Gasteiger partial charge in [0.2, 0.25) is 0 Å². The predicted molar refractivity (Wildman–Crippen MR) is 46.5 cm³/mol. The molecule has 0 aromatic rings. The lowest BCUT2D eigenvalue weighted by atomic mass is 9.97. The van der Waals surface area contributed by atoms with E-state index < -0.39 is 0 Å². The van der Waals surface area contributed by atoms with E-state index in [0.717, 1.165) is 12.8 Å². The fourth-order valence-electron chi connectivity index (χ4n) is 1.18. The van der Waals surface area contributed by atoms with Gasteiger partial charge in [0.1, 0.15) is 6.10 Å². The first-order chi connectivity index (χ1) is 5.79. The molecule has 0 aliphatic rings. The predicted octanol–water partition coefficient (Wildman–Crippen LogP) is 1.32. The third-order valence-corrected chi connectivity index (χ3v) is 1.99. The Morgan fingerprint density at radius 2 is 2.00 bits per heavy atom. The van der Waals surface area contributed by atoms with E-state index in [0.29, 0.717) is 5.92 Å². The van der Waals surface area contributed by atoms with Crippen LogP contribution in [0.5, 0.6) is 0 Å². The van der Waals surface area contributed by atoms with E-state index in [4.69, 9.17) is 15.1 Å². The van der Waals surface area contributed by atoms with E-state index in [1.54, 1.807) is 0 Å². The first kappa shape index (κ1) is 11.4. The van der Waals surface area contributed by atoms with Crippen molar-refractivity contribution in [3.8, 4) is 6.07 Å². The van der Waals surface area contributed by atoms with E-state index in [9.17, 15) is 0 Å². The molecule has 0 rings (SSSR count). The Labute approximate surface area is 74.0 Å². The Bertz CT molecular complexity index is 138. The third-order valence-electron chi connectivity index (χ3n) is 1.99. The highest BCUT2D eigenvalue weighted by molar-refractivity contribution is 4.88. The monoisotopic (exact) mass is 171 g/mol. The SMILES string of the molecule is CCC(CC)C(C#N)OCCO. The van der Waals surface area contributed by atoms with E-state index >= 15 is 0 Å². The maximum Gasteiger partial charge on any atom is 0.146 e. The van der Waals surface area contributed by atoms with Crippen LogP contribution in [0.25, 0.3) is 0 Å². The Morgan fingerprint density at radius 3 is 2.33 bits per heavy atom. The van der Waals surface area contributed by atoms with Crippen LogP contribution in [-0.2, 0) is 4.74 Å². The van der Waals surface area contributed by atoms with Gasteiger partial charge in [0.05, 0.1) is 19.3 Å². The van der Waals surface area contributed by atoms with Crippen molar-refractivity contribution in [2.24, 2.45) is 5.92 Å². The Balaban J connectivity index is 3.86. The second-order valence-electron chi connectivity index (χ2n) is 2.72. The maximum absolute atomic E-state index is 8.73. The number of rotatable bonds is 6. The fourth-order valence-corrected chi connectivity index (χ4v) is 1.18. The Kier molecular flexibility index (Phi) is 6.73. The largest absolute Gasteiger partial charge is 0.394 e. The lowest BCUT2D eigenvalue weighted by Crippen LogP contribution is -2.22. The molecule has 0 aliphatic carbocycles. The molecule has 1 unspecified atom stereocenters. The van der Waals surface area contributed by atoms with Crippen LogP contribution in [0.3, 0.4) is 0 Å². The van der Waals surface area contributed by atoms with Gasteiger partial charge in [-0.1, -0.05) is 13.8 Å². The zero-order valence-corrected chi connectivity index (χ0v) is 7.79. The minimum absolute atomic E-state index is 0.0155. The summed E-state index contributed by atoms with van der Waals surface area (Å²) in [5.41, 5.74) is 0. The summed E-state index contributed by atoms with van der Waals surface area (Å²) >= 11 is 0. The summed E-state index contributed by atoms with van der Waals surface area (Å²) < 4.78 is 5.17. The van der Waals surface area contributed by atoms with Crippen molar-refractivity contribution in [2.75, 3.05) is 13.2 Å². The normalized spacial score (nSPS) is 12.9. The molecule has 1 atom stereocenters. The third kappa shape index (κ3) is 3.70. The number of aliphatic hydroxyl groups excluding tert-OH is 1. The molecule has 0 bridgehead atoms. The molecule has 0 aliphatic heterocycles. The highest BCUT2D eigenvalue weighted by atomic mass is 16.5. The van der Waals surface area contributed by atoms with Crippen molar-refractivity contribution in [3.63, 3.8) is 0 Å². The van der Waals surface area contributed by atoms with Crippen LogP contribution in [0.4, 0.5) is 0 Å². The van der Waals surface area contributed by atoms with E-state index in [2.05, 4.69) is 6.07 Å². The highest BCUT2D eigenvalue weighted by Gasteiger charge is 2.17. The van der Waals surface area contributed by atoms with Crippen molar-refractivity contribution in [1.29, 1.82) is 5.26 Å². The van der Waals surface area contributed by atoms with Crippen molar-refractivity contribution >= 4 is 0 Å². The zero-order chi connectivity index (χ0) is 9.40. The molecule has 0 fully saturated rings. The molecular formula is C9H17NO2. The Hall–Kier alpha value is -0.590. The van der Waals surface area contributed by atoms with E-state index in [-0.39, 0.29) is 19.3 Å². The maximum atomic E-state index is 8.73. The van der Waals surface area contributed by atoms with Gasteiger partial charge < -0.3 is 9.84 Å². The molecule has 3 heteroatoms. The van der Waals surface area contributed by atoms with Gasteiger partial charge in [-0.15, -0.1) is 0 Å². The summed E-state index contributed by atoms with van der Waals surface area (Å²) in [6, 6.07) is 2.11. The number of nitriles is 1. The second kappa shape index (κ2) is 7.08. The highest BCUT2D eigenvalue weighted by Crippen LogP contribution is 2.15. The van der Waals surface area contributed by atoms with Crippen LogP contribution in [0.15, 0.2) is 0 Å². The number of hydrogen-bond donors (Lipinski definition) is 1. The van der Waals surface area contributed by atoms with Crippen LogP contribution in [0.2, 0.25) is 0 Å². The average Bonchev–Trinajstić information content (AvgIpc) is 2.12. The molecule has 70 valence electrons. The average molecular weight is 171 g/mol. The van der Waals surface area contributed by atoms with Crippen LogP contribution in [0.1, 0.15) is 26.7 Å². The molecule has 0 radical (unpaired) electrons. The lowest BCUT2D eigenvalue weighted by molar-refractivity contribution is 0.0248. The van der Waals surface area contributed by atoms with Gasteiger partial charge in [-0.25, -0.2) is 0 Å². The van der Waals surface area contributed by atoms with E-state index in [1.165, 1.54) is 0 Å². The molecular weight excluding hydrogens is 154 g/mol. The van der Waals surface area contributed by atoms with Crippen LogP contribution < -0.4 is 0 Å². The van der Waals surface area contributed by atoms with Gasteiger partial charge >= 0.3 is 0 Å². The molecule has 0 aromatic heterocycles. The smallest absolute Gasteiger partial charge is 0.146 e. The summed E-state index contributed by atoms with van der Waals surface area (Å²) in [5.74, 6) is 0.293. The van der Waals surface area contributed by atoms with Crippen molar-refractivity contribution in [3.05, 3.63) is 0 Å².